The fourth-order valence-electron chi connectivity index (χ4n) is 2.06. The molecule has 0 saturated heterocycles. The van der Waals surface area contributed by atoms with Gasteiger partial charge in [0.25, 0.3) is 0 Å². The first-order chi connectivity index (χ1) is 9.22. The summed E-state index contributed by atoms with van der Waals surface area (Å²) < 4.78 is 10.6. The molecule has 2 aliphatic rings. The van der Waals surface area contributed by atoms with Crippen molar-refractivity contribution < 1.29 is 14.3 Å². The van der Waals surface area contributed by atoms with Crippen LogP contribution in [0.3, 0.4) is 0 Å². The lowest BCUT2D eigenvalue weighted by Gasteiger charge is -2.17. The van der Waals surface area contributed by atoms with Gasteiger partial charge < -0.3 is 19.7 Å². The molecule has 1 saturated carbocycles. The van der Waals surface area contributed by atoms with Gasteiger partial charge in [0.05, 0.1) is 6.54 Å². The highest BCUT2D eigenvalue weighted by molar-refractivity contribution is 5.78. The summed E-state index contributed by atoms with van der Waals surface area (Å²) in [6.45, 7) is 1.28. The van der Waals surface area contributed by atoms with Crippen molar-refractivity contribution in [3.63, 3.8) is 0 Å². The minimum absolute atomic E-state index is 0.115. The van der Waals surface area contributed by atoms with Crippen LogP contribution in [0, 0.1) is 0 Å². The van der Waals surface area contributed by atoms with Gasteiger partial charge in [-0.1, -0.05) is 6.07 Å². The Morgan fingerprint density at radius 3 is 2.95 bits per heavy atom. The van der Waals surface area contributed by atoms with Crippen LogP contribution in [0.4, 0.5) is 0 Å². The molecule has 1 amide bonds. The summed E-state index contributed by atoms with van der Waals surface area (Å²) in [5.41, 5.74) is 1.05. The number of carbonyl (C=O) groups is 1. The second-order valence-corrected chi connectivity index (χ2v) is 5.09. The molecule has 0 bridgehead atoms. The van der Waals surface area contributed by atoms with Crippen molar-refractivity contribution in [1.29, 1.82) is 0 Å². The predicted molar refractivity (Wildman–Crippen MR) is 70.1 cm³/mol. The van der Waals surface area contributed by atoms with Crippen LogP contribution in [0.5, 0.6) is 11.5 Å². The van der Waals surface area contributed by atoms with E-state index in [9.17, 15) is 4.79 Å². The van der Waals surface area contributed by atoms with E-state index >= 15 is 0 Å². The van der Waals surface area contributed by atoms with Crippen LogP contribution in [0.1, 0.15) is 18.4 Å². The van der Waals surface area contributed by atoms with Gasteiger partial charge in [-0.25, -0.2) is 0 Å². The van der Waals surface area contributed by atoms with Crippen LogP contribution >= 0.6 is 0 Å². The number of likely N-dealkylation sites (N-methyl/N-ethyl adjacent to an activating group) is 1. The normalized spacial score (nSPS) is 16.5. The zero-order valence-electron chi connectivity index (χ0n) is 11.0. The summed E-state index contributed by atoms with van der Waals surface area (Å²) in [7, 11) is 1.82. The number of benzene rings is 1. The van der Waals surface area contributed by atoms with Gasteiger partial charge >= 0.3 is 0 Å². The van der Waals surface area contributed by atoms with Gasteiger partial charge in [0, 0.05) is 19.6 Å². The summed E-state index contributed by atoms with van der Waals surface area (Å²) in [4.78, 5) is 13.6. The number of hydrogen-bond donors (Lipinski definition) is 1. The Hall–Kier alpha value is -1.75. The second kappa shape index (κ2) is 5.09. The number of ether oxygens (including phenoxy) is 2. The summed E-state index contributed by atoms with van der Waals surface area (Å²) in [6, 6.07) is 6.34. The molecule has 3 rings (SSSR count). The molecule has 0 unspecified atom stereocenters. The molecule has 1 aromatic rings. The van der Waals surface area contributed by atoms with Crippen LogP contribution < -0.4 is 14.8 Å². The average Bonchev–Trinajstić information content (AvgIpc) is 3.12. The van der Waals surface area contributed by atoms with Gasteiger partial charge in [-0.15, -0.1) is 0 Å². The highest BCUT2D eigenvalue weighted by Crippen LogP contribution is 2.32. The number of fused-ring (bicyclic) bond motifs is 1. The molecule has 0 spiro atoms. The van der Waals surface area contributed by atoms with Crippen LogP contribution in [0.25, 0.3) is 0 Å². The lowest BCUT2D eigenvalue weighted by molar-refractivity contribution is -0.129. The first kappa shape index (κ1) is 12.3. The van der Waals surface area contributed by atoms with Crippen LogP contribution in [-0.4, -0.2) is 37.2 Å². The summed E-state index contributed by atoms with van der Waals surface area (Å²) in [5, 5.41) is 3.23. The van der Waals surface area contributed by atoms with Crippen molar-refractivity contribution in [2.75, 3.05) is 20.4 Å². The molecule has 1 heterocycles. The van der Waals surface area contributed by atoms with Gasteiger partial charge in [-0.05, 0) is 30.5 Å². The van der Waals surface area contributed by atoms with E-state index in [1.807, 2.05) is 25.2 Å². The number of carbonyl (C=O) groups excluding carboxylic acids is 1. The number of nitrogens with one attached hydrogen (secondary N) is 1. The van der Waals surface area contributed by atoms with E-state index in [4.69, 9.17) is 9.47 Å². The fraction of sp³-hybridized carbons (Fsp3) is 0.500. The third-order valence-corrected chi connectivity index (χ3v) is 3.40. The average molecular weight is 262 g/mol. The highest BCUT2D eigenvalue weighted by Gasteiger charge is 2.22. The molecule has 19 heavy (non-hydrogen) atoms. The lowest BCUT2D eigenvalue weighted by Crippen LogP contribution is -2.35. The molecular weight excluding hydrogens is 244 g/mol. The molecule has 102 valence electrons. The van der Waals surface area contributed by atoms with E-state index in [1.54, 1.807) is 4.90 Å². The monoisotopic (exact) mass is 262 g/mol. The molecule has 1 aliphatic heterocycles. The van der Waals surface area contributed by atoms with Crippen molar-refractivity contribution in [3.05, 3.63) is 23.8 Å². The first-order valence-electron chi connectivity index (χ1n) is 6.58. The molecule has 1 N–H and O–H groups in total. The molecule has 0 aromatic heterocycles. The van der Waals surface area contributed by atoms with Crippen molar-refractivity contribution >= 4 is 5.91 Å². The Labute approximate surface area is 112 Å². The third-order valence-electron chi connectivity index (χ3n) is 3.40. The largest absolute Gasteiger partial charge is 0.454 e. The fourth-order valence-corrected chi connectivity index (χ4v) is 2.06. The molecule has 0 atom stereocenters. The van der Waals surface area contributed by atoms with Gasteiger partial charge in [0.15, 0.2) is 11.5 Å². The molecule has 1 aliphatic carbocycles. The first-order valence-corrected chi connectivity index (χ1v) is 6.58. The van der Waals surface area contributed by atoms with Crippen LogP contribution in [0.15, 0.2) is 18.2 Å². The molecule has 1 fully saturated rings. The van der Waals surface area contributed by atoms with Crippen LogP contribution in [-0.2, 0) is 11.3 Å². The van der Waals surface area contributed by atoms with E-state index in [0.717, 1.165) is 17.1 Å². The number of amides is 1. The number of nitrogens with zero attached hydrogens (tertiary/aromatic N) is 1. The Morgan fingerprint density at radius 1 is 1.37 bits per heavy atom. The lowest BCUT2D eigenvalue weighted by atomic mass is 10.2. The van der Waals surface area contributed by atoms with Crippen molar-refractivity contribution in [1.82, 2.24) is 10.2 Å². The van der Waals surface area contributed by atoms with E-state index < -0.39 is 0 Å². The van der Waals surface area contributed by atoms with E-state index in [2.05, 4.69) is 5.32 Å². The van der Waals surface area contributed by atoms with Gasteiger partial charge in [0.1, 0.15) is 0 Å². The van der Waals surface area contributed by atoms with Crippen molar-refractivity contribution in [3.8, 4) is 11.5 Å². The van der Waals surface area contributed by atoms with E-state index in [0.29, 0.717) is 19.1 Å². The zero-order valence-corrected chi connectivity index (χ0v) is 11.0. The minimum Gasteiger partial charge on any atom is -0.454 e. The van der Waals surface area contributed by atoms with E-state index in [-0.39, 0.29) is 12.7 Å². The van der Waals surface area contributed by atoms with Gasteiger partial charge in [-0.3, -0.25) is 4.79 Å². The molecule has 5 heteroatoms. The Balaban J connectivity index is 1.55. The predicted octanol–water partition coefficient (Wildman–Crippen LogP) is 1.13. The highest BCUT2D eigenvalue weighted by atomic mass is 16.7. The maximum Gasteiger partial charge on any atom is 0.236 e. The summed E-state index contributed by atoms with van der Waals surface area (Å²) in [5.74, 6) is 1.65. The minimum atomic E-state index is 0.115. The zero-order chi connectivity index (χ0) is 13.2. The SMILES string of the molecule is CN(Cc1ccc2c(c1)OCO2)C(=O)CNC1CC1. The van der Waals surface area contributed by atoms with E-state index in [1.165, 1.54) is 12.8 Å². The Morgan fingerprint density at radius 2 is 2.16 bits per heavy atom. The van der Waals surface area contributed by atoms with Gasteiger partial charge in [-0.2, -0.15) is 0 Å². The second-order valence-electron chi connectivity index (χ2n) is 5.09. The standard InChI is InChI=1S/C14H18N2O3/c1-16(14(17)7-15-11-3-4-11)8-10-2-5-12-13(6-10)19-9-18-12/h2,5-6,11,15H,3-4,7-9H2,1H3. The van der Waals surface area contributed by atoms with Crippen LogP contribution in [0.2, 0.25) is 0 Å². The smallest absolute Gasteiger partial charge is 0.236 e. The molecule has 5 nitrogen and oxygen atoms in total. The Bertz CT molecular complexity index is 486. The topological polar surface area (TPSA) is 50.8 Å². The summed E-state index contributed by atoms with van der Waals surface area (Å²) >= 11 is 0. The van der Waals surface area contributed by atoms with Crippen molar-refractivity contribution in [2.45, 2.75) is 25.4 Å². The number of hydrogen-bond acceptors (Lipinski definition) is 4. The molecule has 0 radical (unpaired) electrons. The maximum absolute atomic E-state index is 11.9. The quantitative estimate of drug-likeness (QED) is 0.864. The maximum atomic E-state index is 11.9. The van der Waals surface area contributed by atoms with Crippen molar-refractivity contribution in [2.24, 2.45) is 0 Å². The summed E-state index contributed by atoms with van der Waals surface area (Å²) in [6.07, 6.45) is 2.39. The number of rotatable bonds is 5. The van der Waals surface area contributed by atoms with Gasteiger partial charge in [0.2, 0.25) is 12.7 Å². The third kappa shape index (κ3) is 2.98. The Kier molecular flexibility index (Phi) is 3.29. The molecular formula is C14H18N2O3. The molecule has 1 aromatic carbocycles.